The van der Waals surface area contributed by atoms with E-state index in [0.29, 0.717) is 6.42 Å². The third kappa shape index (κ3) is 22.4. The summed E-state index contributed by atoms with van der Waals surface area (Å²) in [7, 11) is 0. The number of nitrogens with two attached hydrogens (primary N) is 3. The van der Waals surface area contributed by atoms with E-state index in [0.717, 1.165) is 13.7 Å². The van der Waals surface area contributed by atoms with Crippen molar-refractivity contribution >= 4 is 125 Å². The molecule has 0 radical (unpaired) electrons. The number of carbonyl (C=O) groups excluding carboxylic acids is 1. The van der Waals surface area contributed by atoms with Gasteiger partial charge in [0, 0.05) is 69.5 Å². The van der Waals surface area contributed by atoms with E-state index in [9.17, 15) is 57.8 Å². The standard InChI is InChI=1S/C58H81BrN16O28P4S4/c1-28(2)31-15-44(71-8-5-42(60)65-55(71)81)96-38(31)23-94-107(111,90-14-13-89-12-11-88-10-7-63-30(4)77)103-36-19-46(73-20-29(3)51(78)69-57(73)83)98-41(36)26-93-106(87,110)102-35-18-48(75-27-64-49-50(75)67-54(62)68-53(49)80)99-40(35)25-92-105(86,109)101-34-17-45(72-9-6-43(61)66-56(72)82)97-39(34)24-91-104(85,108)100-33-16-47(95-37(33)22-76)74-21-32(59)52(79)70-58(74)84/h5-6,8-9,20-21,27-28,31,33-41,44-48,76H,7,10-19,22-26H2,1-4H3,(H,63,77)(H,85,108)(H,86,109)(H,87,110)(H2,60,65,81)(H2,61,66,82)(H,69,78,83)(H,70,79,84)(H3,62,67,68,80)/t31?,33?,34?,35?,36?,37-,38-,39-,40-,41-,44-,45-,46-,47-,48-,104?,105?,106?,107?/m1/s1. The van der Waals surface area contributed by atoms with Crippen LogP contribution in [0.4, 0.5) is 17.6 Å². The number of hydrogen-bond acceptors (Lipinski definition) is 36. The Balaban J connectivity index is 0.813. The summed E-state index contributed by atoms with van der Waals surface area (Å²) < 4.78 is 119. The molecule has 0 aliphatic carbocycles. The fraction of sp³-hybridized carbons (Fsp3) is 0.621. The van der Waals surface area contributed by atoms with Crippen LogP contribution >= 0.6 is 55.1 Å². The first kappa shape index (κ1) is 86.4. The van der Waals surface area contributed by atoms with Crippen molar-refractivity contribution in [3.8, 4) is 0 Å². The summed E-state index contributed by atoms with van der Waals surface area (Å²) >= 11 is 24.6. The summed E-state index contributed by atoms with van der Waals surface area (Å²) in [5.74, 6) is -0.867. The summed E-state index contributed by atoms with van der Waals surface area (Å²) in [5.41, 5.74) is 12.1. The van der Waals surface area contributed by atoms with E-state index in [1.807, 2.05) is 13.8 Å². The molecule has 19 atom stereocenters. The van der Waals surface area contributed by atoms with Crippen LogP contribution in [0.25, 0.3) is 11.2 Å². The van der Waals surface area contributed by atoms with Crippen molar-refractivity contribution in [2.24, 2.45) is 11.8 Å². The Morgan fingerprint density at radius 3 is 1.67 bits per heavy atom. The zero-order chi connectivity index (χ0) is 80.0. The fourth-order valence-electron chi connectivity index (χ4n) is 12.6. The molecule has 13 N–H and O–H groups in total. The summed E-state index contributed by atoms with van der Waals surface area (Å²) in [5, 5.41) is 12.9. The van der Waals surface area contributed by atoms with Crippen molar-refractivity contribution in [1.82, 2.24) is 63.0 Å². The maximum absolute atomic E-state index is 14.7. The molecule has 6 aromatic heterocycles. The Bertz CT molecular complexity index is 4980. The number of nitrogens with one attached hydrogen (secondary N) is 4. The number of nitrogen functional groups attached to an aromatic ring is 3. The number of rotatable bonds is 37. The van der Waals surface area contributed by atoms with E-state index >= 15 is 0 Å². The maximum Gasteiger partial charge on any atom is 0.386 e. The zero-order valence-electron chi connectivity index (χ0n) is 59.2. The number of ether oxygens (including phenoxy) is 7. The number of aliphatic hydroxyl groups excluding tert-OH is 1. The number of anilines is 3. The molecule has 53 heteroatoms. The van der Waals surface area contributed by atoms with Crippen molar-refractivity contribution in [2.75, 3.05) is 89.8 Å². The minimum Gasteiger partial charge on any atom is -0.394 e. The highest BCUT2D eigenvalue weighted by Crippen LogP contribution is 2.59. The second kappa shape index (κ2) is 37.2. The number of amides is 1. The third-order valence-corrected chi connectivity index (χ3v) is 25.7. The van der Waals surface area contributed by atoms with Gasteiger partial charge in [-0.1, -0.05) is 26.1 Å². The highest BCUT2D eigenvalue weighted by molar-refractivity contribution is 9.10. The summed E-state index contributed by atoms with van der Waals surface area (Å²) in [6, 6.07) is 2.77. The molecule has 5 fully saturated rings. The lowest BCUT2D eigenvalue weighted by molar-refractivity contribution is -0.119. The highest BCUT2D eigenvalue weighted by Gasteiger charge is 2.49. The first-order valence-electron chi connectivity index (χ1n) is 34.1. The Morgan fingerprint density at radius 1 is 0.622 bits per heavy atom. The number of fused-ring (bicyclic) bond motifs is 1. The van der Waals surface area contributed by atoms with Crippen LogP contribution in [0.5, 0.6) is 0 Å². The highest BCUT2D eigenvalue weighted by atomic mass is 79.9. The molecule has 0 spiro atoms. The average Bonchev–Trinajstić information content (AvgIpc) is 1.64. The number of carbonyl (C=O) groups is 1. The molecule has 0 aromatic carbocycles. The first-order valence-corrected chi connectivity index (χ1v) is 45.3. The molecule has 9 unspecified atom stereocenters. The second-order valence-corrected chi connectivity index (χ2v) is 38.3. The molecule has 5 aliphatic rings. The van der Waals surface area contributed by atoms with Crippen LogP contribution < -0.4 is 62.0 Å². The molecule has 111 heavy (non-hydrogen) atoms. The lowest BCUT2D eigenvalue weighted by Crippen LogP contribution is -2.33. The number of aliphatic hydroxyl groups is 1. The second-order valence-electron chi connectivity index (χ2n) is 26.0. The molecular formula is C58H81BrN16O28P4S4. The van der Waals surface area contributed by atoms with Gasteiger partial charge >= 0.3 is 49.7 Å². The summed E-state index contributed by atoms with van der Waals surface area (Å²) in [4.78, 5) is 148. The van der Waals surface area contributed by atoms with Gasteiger partial charge in [0.2, 0.25) is 11.9 Å². The van der Waals surface area contributed by atoms with Gasteiger partial charge in [-0.05, 0) is 88.7 Å². The first-order chi connectivity index (χ1) is 52.5. The van der Waals surface area contributed by atoms with Crippen LogP contribution in [-0.4, -0.2) is 206 Å². The van der Waals surface area contributed by atoms with Crippen LogP contribution in [0.2, 0.25) is 0 Å². The van der Waals surface area contributed by atoms with Crippen LogP contribution in [0.1, 0.15) is 89.6 Å². The third-order valence-electron chi connectivity index (χ3n) is 18.0. The van der Waals surface area contributed by atoms with Crippen molar-refractivity contribution in [3.63, 3.8) is 0 Å². The number of aromatic nitrogens is 12. The van der Waals surface area contributed by atoms with Gasteiger partial charge in [-0.2, -0.15) is 15.0 Å². The van der Waals surface area contributed by atoms with E-state index in [1.165, 1.54) is 66.2 Å². The number of thiol groups is 1. The normalized spacial score (nSPS) is 27.7. The van der Waals surface area contributed by atoms with E-state index in [4.69, 9.17) is 126 Å². The predicted molar refractivity (Wildman–Crippen MR) is 405 cm³/mol. The van der Waals surface area contributed by atoms with Crippen LogP contribution in [0.15, 0.2) is 81.3 Å². The minimum absolute atomic E-state index is 0.0122. The lowest BCUT2D eigenvalue weighted by atomic mass is 9.89. The van der Waals surface area contributed by atoms with Gasteiger partial charge in [-0.25, -0.2) is 28.7 Å². The summed E-state index contributed by atoms with van der Waals surface area (Å²) in [6.07, 6.45) is -11.1. The molecular weight excluding hydrogens is 1700 g/mol. The fourth-order valence-corrected chi connectivity index (χ4v) is 19.5. The Hall–Kier alpha value is -5.41. The van der Waals surface area contributed by atoms with Crippen molar-refractivity contribution in [1.29, 1.82) is 0 Å². The van der Waals surface area contributed by atoms with Crippen LogP contribution in [0, 0.1) is 18.8 Å². The Morgan fingerprint density at radius 2 is 1.10 bits per heavy atom. The van der Waals surface area contributed by atoms with Gasteiger partial charge < -0.3 is 102 Å². The Labute approximate surface area is 656 Å². The SMILES string of the molecule is CC(=O)NCCOCCOCCOP(=S)(OC[C@H]1O[C@@H](n2ccc(N)nc2=O)CC1C(C)C)OC1C[C@H](n2cc(C)c(=O)[nH]c2=O)O[C@@H]1COP(O)(=S)OC1C[C@H](n2cnc3c(=O)[nH]c(N)nc32)O[C@@H]1COP(=O)(S)OC1C[C@H](n2ccc(N)nc2=O)O[C@@H]1COP(O)(=S)OC1C[C@H](n2cc(Br)c(=O)[nH]c2=O)O[C@@H]1CO. The smallest absolute Gasteiger partial charge is 0.386 e. The Kier molecular flexibility index (Phi) is 29.0. The van der Waals surface area contributed by atoms with Crippen molar-refractivity contribution < 1.29 is 98.1 Å². The van der Waals surface area contributed by atoms with E-state index in [-0.39, 0.29) is 128 Å². The molecule has 5 aliphatic heterocycles. The topological polar surface area (TPSA) is 576 Å². The maximum atomic E-state index is 14.7. The van der Waals surface area contributed by atoms with Gasteiger partial charge in [0.1, 0.15) is 73.3 Å². The molecule has 1 amide bonds. The van der Waals surface area contributed by atoms with Gasteiger partial charge in [0.15, 0.2) is 11.2 Å². The van der Waals surface area contributed by atoms with Gasteiger partial charge in [-0.15, -0.1) is 0 Å². The number of H-pyrrole nitrogens is 3. The van der Waals surface area contributed by atoms with Crippen LogP contribution in [0.3, 0.4) is 0 Å². The largest absolute Gasteiger partial charge is 0.394 e. The number of aryl methyl sites for hydroxylation is 1. The average molecular weight is 1780 g/mol. The molecule has 0 saturated carbocycles. The van der Waals surface area contributed by atoms with Gasteiger partial charge in [0.05, 0.1) is 101 Å². The quantitative estimate of drug-likeness (QED) is 0.0146. The predicted octanol–water partition coefficient (Wildman–Crippen LogP) is 0.742. The summed E-state index contributed by atoms with van der Waals surface area (Å²) in [6.45, 7) is -13.6. The van der Waals surface area contributed by atoms with E-state index in [1.54, 1.807) is 0 Å². The monoisotopic (exact) mass is 1780 g/mol. The van der Waals surface area contributed by atoms with Crippen LogP contribution in [-0.2, 0) is 119 Å². The molecule has 11 heterocycles. The van der Waals surface area contributed by atoms with E-state index < -0.39 is 179 Å². The molecule has 0 bridgehead atoms. The number of aromatic amines is 3. The minimum atomic E-state index is -4.74. The molecule has 11 rings (SSSR count). The number of nitrogens with zero attached hydrogens (tertiary/aromatic N) is 9. The molecule has 5 saturated heterocycles. The van der Waals surface area contributed by atoms with Crippen molar-refractivity contribution in [3.05, 3.63) is 126 Å². The molecule has 612 valence electrons. The number of imidazole rings is 1. The lowest BCUT2D eigenvalue weighted by Gasteiger charge is -2.30. The van der Waals surface area contributed by atoms with Crippen molar-refractivity contribution in [2.45, 2.75) is 146 Å². The van der Waals surface area contributed by atoms with Gasteiger partial charge in [-0.3, -0.25) is 66.0 Å². The van der Waals surface area contributed by atoms with Gasteiger partial charge in [0.25, 0.3) is 16.7 Å². The molecule has 6 aromatic rings. The number of halogens is 1. The van der Waals surface area contributed by atoms with E-state index in [2.05, 4.69) is 68.4 Å². The molecule has 44 nitrogen and oxygen atoms in total. The zero-order valence-corrected chi connectivity index (χ0v) is 67.7. The number of hydrogen-bond donors (Lipinski definition) is 11.